The summed E-state index contributed by atoms with van der Waals surface area (Å²) < 4.78 is 0. The quantitative estimate of drug-likeness (QED) is 0.732. The molecule has 2 heterocycles. The number of β-amino-alcohol motifs (C(OH)–C–C–N with tert-alkyl or cyclic N) is 1. The van der Waals surface area contributed by atoms with Crippen molar-refractivity contribution in [3.05, 3.63) is 35.9 Å². The summed E-state index contributed by atoms with van der Waals surface area (Å²) in [5.41, 5.74) is 0.985. The Kier molecular flexibility index (Phi) is 6.84. The third kappa shape index (κ3) is 5.53. The van der Waals surface area contributed by atoms with Gasteiger partial charge in [0.2, 0.25) is 5.91 Å². The number of rotatable bonds is 6. The molecule has 2 fully saturated rings. The Morgan fingerprint density at radius 2 is 1.84 bits per heavy atom. The van der Waals surface area contributed by atoms with Crippen LogP contribution >= 0.6 is 0 Å². The van der Waals surface area contributed by atoms with Crippen molar-refractivity contribution in [3.8, 4) is 0 Å². The molecule has 138 valence electrons. The van der Waals surface area contributed by atoms with Gasteiger partial charge in [-0.05, 0) is 63.3 Å². The lowest BCUT2D eigenvalue weighted by Crippen LogP contribution is -2.43. The Balaban J connectivity index is 1.35. The molecule has 25 heavy (non-hydrogen) atoms. The highest BCUT2D eigenvalue weighted by molar-refractivity contribution is 5.78. The first-order chi connectivity index (χ1) is 12.2. The highest BCUT2D eigenvalue weighted by atomic mass is 16.3. The third-order valence-corrected chi connectivity index (χ3v) is 5.60. The molecule has 2 saturated heterocycles. The molecule has 1 aromatic carbocycles. The van der Waals surface area contributed by atoms with E-state index in [0.717, 1.165) is 64.0 Å². The molecule has 1 aromatic rings. The zero-order valence-corrected chi connectivity index (χ0v) is 15.0. The maximum Gasteiger partial charge on any atom is 0.223 e. The third-order valence-electron chi connectivity index (χ3n) is 5.60. The number of carbonyl (C=O) groups is 1. The van der Waals surface area contributed by atoms with Crippen LogP contribution in [0.5, 0.6) is 0 Å². The number of aliphatic hydroxyl groups is 1. The first kappa shape index (κ1) is 18.4. The summed E-state index contributed by atoms with van der Waals surface area (Å²) >= 11 is 0. The largest absolute Gasteiger partial charge is 0.387 e. The van der Waals surface area contributed by atoms with E-state index < -0.39 is 6.10 Å². The van der Waals surface area contributed by atoms with E-state index in [0.29, 0.717) is 12.5 Å². The molecule has 1 atom stereocenters. The fourth-order valence-electron chi connectivity index (χ4n) is 3.87. The Morgan fingerprint density at radius 3 is 2.52 bits per heavy atom. The number of piperidine rings is 2. The van der Waals surface area contributed by atoms with Gasteiger partial charge in [-0.25, -0.2) is 0 Å². The van der Waals surface area contributed by atoms with Crippen LogP contribution in [0.15, 0.2) is 30.3 Å². The normalized spacial score (nSPS) is 21.8. The number of aliphatic hydroxyl groups excluding tert-OH is 1. The van der Waals surface area contributed by atoms with Gasteiger partial charge in [0, 0.05) is 19.0 Å². The van der Waals surface area contributed by atoms with Crippen LogP contribution in [0.25, 0.3) is 0 Å². The second-order valence-corrected chi connectivity index (χ2v) is 7.44. The van der Waals surface area contributed by atoms with E-state index in [-0.39, 0.29) is 11.8 Å². The number of nitrogens with one attached hydrogen (secondary N) is 2. The van der Waals surface area contributed by atoms with Gasteiger partial charge in [0.1, 0.15) is 0 Å². The SMILES string of the molecule is O=C(NCC1CCN(CC(O)c2ccccc2)CC1)C1CCNCC1. The smallest absolute Gasteiger partial charge is 0.223 e. The Bertz CT molecular complexity index is 523. The van der Waals surface area contributed by atoms with E-state index in [2.05, 4.69) is 15.5 Å². The van der Waals surface area contributed by atoms with Gasteiger partial charge in [-0.2, -0.15) is 0 Å². The Morgan fingerprint density at radius 1 is 1.16 bits per heavy atom. The number of benzene rings is 1. The summed E-state index contributed by atoms with van der Waals surface area (Å²) in [5, 5.41) is 16.8. The first-order valence-electron chi connectivity index (χ1n) is 9.66. The highest BCUT2D eigenvalue weighted by Gasteiger charge is 2.24. The van der Waals surface area contributed by atoms with Crippen molar-refractivity contribution >= 4 is 5.91 Å². The topological polar surface area (TPSA) is 64.6 Å². The van der Waals surface area contributed by atoms with Crippen LogP contribution in [0.2, 0.25) is 0 Å². The number of hydrogen-bond donors (Lipinski definition) is 3. The average Bonchev–Trinajstić information content (AvgIpc) is 2.68. The maximum absolute atomic E-state index is 12.2. The second kappa shape index (κ2) is 9.32. The van der Waals surface area contributed by atoms with Crippen molar-refractivity contribution in [2.75, 3.05) is 39.3 Å². The summed E-state index contributed by atoms with van der Waals surface area (Å²) in [6, 6.07) is 9.87. The van der Waals surface area contributed by atoms with Gasteiger partial charge in [0.05, 0.1) is 6.10 Å². The summed E-state index contributed by atoms with van der Waals surface area (Å²) in [4.78, 5) is 14.6. The molecular weight excluding hydrogens is 314 g/mol. The average molecular weight is 345 g/mol. The molecule has 2 aliphatic rings. The van der Waals surface area contributed by atoms with Crippen LogP contribution < -0.4 is 10.6 Å². The van der Waals surface area contributed by atoms with E-state index >= 15 is 0 Å². The predicted octanol–water partition coefficient (Wildman–Crippen LogP) is 1.55. The number of carbonyl (C=O) groups excluding carboxylic acids is 1. The monoisotopic (exact) mass is 345 g/mol. The molecule has 0 radical (unpaired) electrons. The number of hydrogen-bond acceptors (Lipinski definition) is 4. The summed E-state index contributed by atoms with van der Waals surface area (Å²) in [6.45, 7) is 5.41. The second-order valence-electron chi connectivity index (χ2n) is 7.44. The number of likely N-dealkylation sites (tertiary alicyclic amines) is 1. The minimum Gasteiger partial charge on any atom is -0.387 e. The van der Waals surface area contributed by atoms with Gasteiger partial charge in [0.15, 0.2) is 0 Å². The lowest BCUT2D eigenvalue weighted by atomic mass is 9.94. The Hall–Kier alpha value is -1.43. The molecule has 0 spiro atoms. The molecule has 0 saturated carbocycles. The van der Waals surface area contributed by atoms with Crippen molar-refractivity contribution in [1.82, 2.24) is 15.5 Å². The van der Waals surface area contributed by atoms with E-state index in [1.54, 1.807) is 0 Å². The van der Waals surface area contributed by atoms with Crippen LogP contribution in [-0.2, 0) is 4.79 Å². The minimum atomic E-state index is -0.419. The lowest BCUT2D eigenvalue weighted by molar-refractivity contribution is -0.126. The van der Waals surface area contributed by atoms with E-state index in [1.165, 1.54) is 0 Å². The zero-order chi connectivity index (χ0) is 17.5. The van der Waals surface area contributed by atoms with E-state index in [1.807, 2.05) is 30.3 Å². The summed E-state index contributed by atoms with van der Waals surface area (Å²) in [7, 11) is 0. The first-order valence-corrected chi connectivity index (χ1v) is 9.66. The predicted molar refractivity (Wildman–Crippen MR) is 99.2 cm³/mol. The molecule has 5 nitrogen and oxygen atoms in total. The van der Waals surface area contributed by atoms with Gasteiger partial charge in [-0.3, -0.25) is 4.79 Å². The molecule has 3 N–H and O–H groups in total. The van der Waals surface area contributed by atoms with Gasteiger partial charge in [0.25, 0.3) is 0 Å². The molecule has 0 aromatic heterocycles. The lowest BCUT2D eigenvalue weighted by Gasteiger charge is -2.33. The molecule has 3 rings (SSSR count). The van der Waals surface area contributed by atoms with Crippen LogP contribution in [0.1, 0.15) is 37.4 Å². The van der Waals surface area contributed by atoms with Crippen molar-refractivity contribution < 1.29 is 9.90 Å². The van der Waals surface area contributed by atoms with Crippen molar-refractivity contribution in [2.45, 2.75) is 31.8 Å². The van der Waals surface area contributed by atoms with Crippen LogP contribution in [0, 0.1) is 11.8 Å². The molecule has 1 unspecified atom stereocenters. The van der Waals surface area contributed by atoms with Crippen molar-refractivity contribution in [2.24, 2.45) is 11.8 Å². The standard InChI is InChI=1S/C20H31N3O2/c24-19(17-4-2-1-3-5-17)15-23-12-8-16(9-13-23)14-22-20(25)18-6-10-21-11-7-18/h1-5,16,18-19,21,24H,6-15H2,(H,22,25). The molecule has 1 amide bonds. The molecule has 5 heteroatoms. The van der Waals surface area contributed by atoms with E-state index in [9.17, 15) is 9.90 Å². The van der Waals surface area contributed by atoms with Gasteiger partial charge in [-0.15, -0.1) is 0 Å². The van der Waals surface area contributed by atoms with Crippen molar-refractivity contribution in [3.63, 3.8) is 0 Å². The van der Waals surface area contributed by atoms with Crippen LogP contribution in [0.4, 0.5) is 0 Å². The molecule has 2 aliphatic heterocycles. The Labute approximate surface area is 150 Å². The fraction of sp³-hybridized carbons (Fsp3) is 0.650. The van der Waals surface area contributed by atoms with Crippen LogP contribution in [-0.4, -0.2) is 55.2 Å². The molecular formula is C20H31N3O2. The molecule has 0 bridgehead atoms. The number of amides is 1. The minimum absolute atomic E-state index is 0.197. The van der Waals surface area contributed by atoms with Gasteiger partial charge < -0.3 is 20.6 Å². The number of nitrogens with zero attached hydrogens (tertiary/aromatic N) is 1. The maximum atomic E-state index is 12.2. The van der Waals surface area contributed by atoms with Crippen LogP contribution in [0.3, 0.4) is 0 Å². The summed E-state index contributed by atoms with van der Waals surface area (Å²) in [6.07, 6.45) is 3.68. The van der Waals surface area contributed by atoms with Crippen molar-refractivity contribution in [1.29, 1.82) is 0 Å². The van der Waals surface area contributed by atoms with E-state index in [4.69, 9.17) is 0 Å². The highest BCUT2D eigenvalue weighted by Crippen LogP contribution is 2.21. The zero-order valence-electron chi connectivity index (χ0n) is 15.0. The molecule has 0 aliphatic carbocycles. The summed E-state index contributed by atoms with van der Waals surface area (Å²) in [5.74, 6) is 1.00. The van der Waals surface area contributed by atoms with Gasteiger partial charge >= 0.3 is 0 Å². The fourth-order valence-corrected chi connectivity index (χ4v) is 3.87. The van der Waals surface area contributed by atoms with Gasteiger partial charge in [-0.1, -0.05) is 30.3 Å².